The monoisotopic (exact) mass is 247 g/mol. The Balaban J connectivity index is 1.98. The lowest BCUT2D eigenvalue weighted by Crippen LogP contribution is -2.28. The molecule has 2 rings (SSSR count). The van der Waals surface area contributed by atoms with E-state index >= 15 is 0 Å². The summed E-state index contributed by atoms with van der Waals surface area (Å²) in [6, 6.07) is 8.24. The van der Waals surface area contributed by atoms with Crippen LogP contribution in [0.2, 0.25) is 0 Å². The first kappa shape index (κ1) is 12.9. The summed E-state index contributed by atoms with van der Waals surface area (Å²) >= 11 is 0. The molecule has 1 fully saturated rings. The lowest BCUT2D eigenvalue weighted by molar-refractivity contribution is -0.128. The van der Waals surface area contributed by atoms with Crippen molar-refractivity contribution in [2.75, 3.05) is 13.1 Å². The van der Waals surface area contributed by atoms with Gasteiger partial charge in [0.05, 0.1) is 6.54 Å². The van der Waals surface area contributed by atoms with Crippen molar-refractivity contribution in [2.45, 2.75) is 39.2 Å². The number of carbonyl (C=O) groups excluding carboxylic acids is 1. The summed E-state index contributed by atoms with van der Waals surface area (Å²) in [7, 11) is 0. The van der Waals surface area contributed by atoms with Crippen molar-refractivity contribution in [3.63, 3.8) is 0 Å². The Morgan fingerprint density at radius 2 is 2.22 bits per heavy atom. The van der Waals surface area contributed by atoms with Gasteiger partial charge in [-0.15, -0.1) is 0 Å². The van der Waals surface area contributed by atoms with E-state index in [1.165, 1.54) is 5.56 Å². The lowest BCUT2D eigenvalue weighted by Gasteiger charge is -2.16. The van der Waals surface area contributed by atoms with Gasteiger partial charge in [0.2, 0.25) is 5.91 Å². The Morgan fingerprint density at radius 3 is 2.83 bits per heavy atom. The molecule has 0 bridgehead atoms. The van der Waals surface area contributed by atoms with Gasteiger partial charge in [-0.1, -0.05) is 26.0 Å². The molecule has 1 unspecified atom stereocenters. The number of ether oxygens (including phenoxy) is 1. The zero-order chi connectivity index (χ0) is 13.1. The summed E-state index contributed by atoms with van der Waals surface area (Å²) in [6.07, 6.45) is 1.06. The Bertz CT molecular complexity index is 428. The molecule has 3 nitrogen and oxygen atoms in total. The number of nitrogens with zero attached hydrogens (tertiary/aromatic N) is 1. The quantitative estimate of drug-likeness (QED) is 0.822. The van der Waals surface area contributed by atoms with E-state index in [0.29, 0.717) is 12.5 Å². The van der Waals surface area contributed by atoms with Crippen LogP contribution in [-0.2, 0) is 4.79 Å². The van der Waals surface area contributed by atoms with Crippen LogP contribution in [-0.4, -0.2) is 30.0 Å². The predicted molar refractivity (Wildman–Crippen MR) is 71.8 cm³/mol. The molecule has 1 aliphatic heterocycles. The number of carbonyl (C=O) groups is 1. The molecule has 1 heterocycles. The number of amides is 1. The average molecular weight is 247 g/mol. The van der Waals surface area contributed by atoms with Gasteiger partial charge in [-0.25, -0.2) is 0 Å². The highest BCUT2D eigenvalue weighted by Crippen LogP contribution is 2.23. The average Bonchev–Trinajstić information content (AvgIpc) is 2.78. The van der Waals surface area contributed by atoms with Gasteiger partial charge in [-0.3, -0.25) is 4.79 Å². The van der Waals surface area contributed by atoms with Gasteiger partial charge in [0, 0.05) is 19.9 Å². The molecule has 1 aromatic carbocycles. The molecule has 98 valence electrons. The highest BCUT2D eigenvalue weighted by Gasteiger charge is 2.25. The first-order chi connectivity index (χ1) is 8.56. The zero-order valence-electron chi connectivity index (χ0n) is 11.3. The molecule has 1 aliphatic rings. The summed E-state index contributed by atoms with van der Waals surface area (Å²) in [6.45, 7) is 7.48. The van der Waals surface area contributed by atoms with Crippen LogP contribution < -0.4 is 4.74 Å². The van der Waals surface area contributed by atoms with Crippen molar-refractivity contribution in [1.82, 2.24) is 4.90 Å². The minimum absolute atomic E-state index is 0.135. The van der Waals surface area contributed by atoms with Gasteiger partial charge < -0.3 is 9.64 Å². The summed E-state index contributed by atoms with van der Waals surface area (Å²) in [4.78, 5) is 13.1. The van der Waals surface area contributed by atoms with Crippen LogP contribution >= 0.6 is 0 Å². The third kappa shape index (κ3) is 3.03. The number of likely N-dealkylation sites (tertiary alicyclic amines) is 1. The number of hydrogen-bond acceptors (Lipinski definition) is 2. The van der Waals surface area contributed by atoms with E-state index in [4.69, 9.17) is 4.74 Å². The maximum Gasteiger partial charge on any atom is 0.219 e. The minimum Gasteiger partial charge on any atom is -0.489 e. The number of rotatable bonds is 3. The van der Waals surface area contributed by atoms with Gasteiger partial charge in [0.25, 0.3) is 0 Å². The Kier molecular flexibility index (Phi) is 3.90. The maximum atomic E-state index is 11.3. The third-order valence-corrected chi connectivity index (χ3v) is 3.42. The molecule has 0 radical (unpaired) electrons. The van der Waals surface area contributed by atoms with Gasteiger partial charge in [-0.05, 0) is 23.6 Å². The second-order valence-corrected chi connectivity index (χ2v) is 5.22. The summed E-state index contributed by atoms with van der Waals surface area (Å²) in [5.41, 5.74) is 1.29. The van der Waals surface area contributed by atoms with E-state index in [0.717, 1.165) is 18.7 Å². The fraction of sp³-hybridized carbons (Fsp3) is 0.533. The smallest absolute Gasteiger partial charge is 0.219 e. The predicted octanol–water partition coefficient (Wildman–Crippen LogP) is 2.81. The van der Waals surface area contributed by atoms with E-state index in [1.54, 1.807) is 6.92 Å². The molecule has 0 aromatic heterocycles. The maximum absolute atomic E-state index is 11.3. The van der Waals surface area contributed by atoms with Crippen LogP contribution in [0, 0.1) is 0 Å². The molecule has 1 aromatic rings. The molecule has 18 heavy (non-hydrogen) atoms. The van der Waals surface area contributed by atoms with Crippen LogP contribution in [0.3, 0.4) is 0 Å². The van der Waals surface area contributed by atoms with Crippen LogP contribution in [0.15, 0.2) is 24.3 Å². The highest BCUT2D eigenvalue weighted by atomic mass is 16.5. The van der Waals surface area contributed by atoms with Crippen molar-refractivity contribution in [1.29, 1.82) is 0 Å². The van der Waals surface area contributed by atoms with Gasteiger partial charge in [0.15, 0.2) is 0 Å². The molecule has 0 aliphatic carbocycles. The van der Waals surface area contributed by atoms with E-state index in [9.17, 15) is 4.79 Å². The largest absolute Gasteiger partial charge is 0.489 e. The Hall–Kier alpha value is -1.51. The van der Waals surface area contributed by atoms with Crippen LogP contribution in [0.4, 0.5) is 0 Å². The van der Waals surface area contributed by atoms with E-state index in [-0.39, 0.29) is 12.0 Å². The number of benzene rings is 1. The van der Waals surface area contributed by atoms with Crippen molar-refractivity contribution in [2.24, 2.45) is 0 Å². The normalized spacial score (nSPS) is 19.3. The third-order valence-electron chi connectivity index (χ3n) is 3.42. The topological polar surface area (TPSA) is 29.5 Å². The molecular formula is C15H21NO2. The Labute approximate surface area is 109 Å². The van der Waals surface area contributed by atoms with Crippen LogP contribution in [0.5, 0.6) is 5.75 Å². The van der Waals surface area contributed by atoms with E-state index in [1.807, 2.05) is 17.0 Å². The number of hydrogen-bond donors (Lipinski definition) is 0. The molecule has 3 heteroatoms. The standard InChI is InChI=1S/C15H21NO2/c1-11(2)13-5-4-6-14(9-13)18-15-7-8-16(10-15)12(3)17/h4-6,9,11,15H,7-8,10H2,1-3H3. The lowest BCUT2D eigenvalue weighted by atomic mass is 10.0. The van der Waals surface area contributed by atoms with Gasteiger partial charge in [0.1, 0.15) is 11.9 Å². The van der Waals surface area contributed by atoms with Crippen molar-refractivity contribution in [3.05, 3.63) is 29.8 Å². The molecule has 1 atom stereocenters. The summed E-state index contributed by atoms with van der Waals surface area (Å²) in [5, 5.41) is 0. The van der Waals surface area contributed by atoms with Gasteiger partial charge >= 0.3 is 0 Å². The van der Waals surface area contributed by atoms with E-state index in [2.05, 4.69) is 26.0 Å². The fourth-order valence-corrected chi connectivity index (χ4v) is 2.25. The first-order valence-electron chi connectivity index (χ1n) is 6.58. The zero-order valence-corrected chi connectivity index (χ0v) is 11.3. The molecule has 0 N–H and O–H groups in total. The molecule has 1 amide bonds. The summed E-state index contributed by atoms with van der Waals surface area (Å²) < 4.78 is 5.95. The van der Waals surface area contributed by atoms with Crippen molar-refractivity contribution >= 4 is 5.91 Å². The van der Waals surface area contributed by atoms with Crippen LogP contribution in [0.1, 0.15) is 38.7 Å². The van der Waals surface area contributed by atoms with E-state index < -0.39 is 0 Å². The minimum atomic E-state index is 0.135. The molecule has 1 saturated heterocycles. The second kappa shape index (κ2) is 5.42. The highest BCUT2D eigenvalue weighted by molar-refractivity contribution is 5.73. The molecule has 0 spiro atoms. The molecular weight excluding hydrogens is 226 g/mol. The second-order valence-electron chi connectivity index (χ2n) is 5.22. The fourth-order valence-electron chi connectivity index (χ4n) is 2.25. The first-order valence-corrected chi connectivity index (χ1v) is 6.58. The summed E-state index contributed by atoms with van der Waals surface area (Å²) in [5.74, 6) is 1.56. The Morgan fingerprint density at radius 1 is 1.44 bits per heavy atom. The van der Waals surface area contributed by atoms with Gasteiger partial charge in [-0.2, -0.15) is 0 Å². The molecule has 0 saturated carbocycles. The van der Waals surface area contributed by atoms with Crippen molar-refractivity contribution < 1.29 is 9.53 Å². The van der Waals surface area contributed by atoms with Crippen LogP contribution in [0.25, 0.3) is 0 Å². The SMILES string of the molecule is CC(=O)N1CCC(Oc2cccc(C(C)C)c2)C1. The van der Waals surface area contributed by atoms with Crippen molar-refractivity contribution in [3.8, 4) is 5.75 Å².